The second kappa shape index (κ2) is 8.41. The van der Waals surface area contributed by atoms with Gasteiger partial charge in [-0.2, -0.15) is 0 Å². The Hall–Kier alpha value is -3.16. The van der Waals surface area contributed by atoms with Crippen molar-refractivity contribution in [3.05, 3.63) is 81.5 Å². The maximum atomic E-state index is 13.4. The minimum Gasteiger partial charge on any atom is -0.354 e. The minimum atomic E-state index is -0.258. The molecule has 5 rings (SSSR count). The van der Waals surface area contributed by atoms with Crippen molar-refractivity contribution in [3.8, 4) is 11.3 Å². The molecule has 0 radical (unpaired) electrons. The average Bonchev–Trinajstić information content (AvgIpc) is 3.08. The molecule has 1 aliphatic rings. The summed E-state index contributed by atoms with van der Waals surface area (Å²) < 4.78 is 0.937. The molecular weight excluding hydrogens is 492 g/mol. The third-order valence-corrected chi connectivity index (χ3v) is 6.26. The highest BCUT2D eigenvalue weighted by Crippen LogP contribution is 2.41. The predicted molar refractivity (Wildman–Crippen MR) is 129 cm³/mol. The number of hydrogen-bond donors (Lipinski definition) is 2. The van der Waals surface area contributed by atoms with Crippen LogP contribution in [0.25, 0.3) is 22.2 Å². The van der Waals surface area contributed by atoms with Crippen molar-refractivity contribution in [2.75, 3.05) is 11.4 Å². The number of hydrogen-bond acceptors (Lipinski definition) is 3. The third-order valence-electron chi connectivity index (χ3n) is 5.53. The Kier molecular flexibility index (Phi) is 5.45. The van der Waals surface area contributed by atoms with E-state index in [1.807, 2.05) is 36.4 Å². The molecule has 2 amide bonds. The van der Waals surface area contributed by atoms with Gasteiger partial charge in [-0.3, -0.25) is 14.6 Å². The van der Waals surface area contributed by atoms with Gasteiger partial charge in [0.2, 0.25) is 11.8 Å². The number of carbonyl (C=O) groups excluding carboxylic acids is 2. The maximum Gasteiger partial charge on any atom is 0.240 e. The zero-order valence-corrected chi connectivity index (χ0v) is 19.2. The molecule has 0 saturated carbocycles. The van der Waals surface area contributed by atoms with Gasteiger partial charge in [-0.25, -0.2) is 0 Å². The monoisotopic (exact) mass is 508 g/mol. The molecule has 1 aliphatic heterocycles. The van der Waals surface area contributed by atoms with Crippen molar-refractivity contribution in [2.45, 2.75) is 13.0 Å². The largest absolute Gasteiger partial charge is 0.354 e. The van der Waals surface area contributed by atoms with E-state index in [4.69, 9.17) is 11.6 Å². The van der Waals surface area contributed by atoms with Crippen LogP contribution in [-0.4, -0.2) is 28.3 Å². The number of amides is 2. The Morgan fingerprint density at radius 2 is 2.09 bits per heavy atom. The van der Waals surface area contributed by atoms with Crippen LogP contribution in [-0.2, 0) is 22.6 Å². The molecule has 32 heavy (non-hydrogen) atoms. The Bertz CT molecular complexity index is 1350. The van der Waals surface area contributed by atoms with Gasteiger partial charge in [-0.1, -0.05) is 33.6 Å². The lowest BCUT2D eigenvalue weighted by Crippen LogP contribution is -2.41. The predicted octanol–water partition coefficient (Wildman–Crippen LogP) is 4.85. The standard InChI is InChI=1S/C24H18BrClN4O2/c25-15-3-6-20-18(8-15)19-10-23(32)30(13-22(31)28-12-14-2-1-7-27-11-14)21-9-16(26)4-5-17(21)24(19)29-20/h1-9,11,29H,10,12-13H2,(H,28,31). The lowest BCUT2D eigenvalue weighted by atomic mass is 10.0. The zero-order valence-electron chi connectivity index (χ0n) is 16.9. The summed E-state index contributed by atoms with van der Waals surface area (Å²) in [6.07, 6.45) is 3.55. The molecule has 0 saturated heterocycles. The second-order valence-electron chi connectivity index (χ2n) is 7.62. The van der Waals surface area contributed by atoms with E-state index in [2.05, 4.69) is 31.2 Å². The first kappa shape index (κ1) is 20.7. The molecule has 2 N–H and O–H groups in total. The van der Waals surface area contributed by atoms with Crippen molar-refractivity contribution in [1.29, 1.82) is 0 Å². The molecule has 2 aromatic carbocycles. The van der Waals surface area contributed by atoms with Crippen LogP contribution in [0.3, 0.4) is 0 Å². The average molecular weight is 510 g/mol. The molecule has 0 fully saturated rings. The topological polar surface area (TPSA) is 78.1 Å². The number of nitrogens with one attached hydrogen (secondary N) is 2. The fourth-order valence-electron chi connectivity index (χ4n) is 4.03. The summed E-state index contributed by atoms with van der Waals surface area (Å²) in [4.78, 5) is 35.1. The number of carbonyl (C=O) groups is 2. The van der Waals surface area contributed by atoms with E-state index in [0.29, 0.717) is 17.3 Å². The lowest BCUT2D eigenvalue weighted by Gasteiger charge is -2.23. The molecule has 2 aromatic heterocycles. The van der Waals surface area contributed by atoms with E-state index in [1.54, 1.807) is 24.5 Å². The number of nitrogens with zero attached hydrogens (tertiary/aromatic N) is 2. The molecule has 160 valence electrons. The molecule has 0 atom stereocenters. The highest BCUT2D eigenvalue weighted by molar-refractivity contribution is 9.10. The van der Waals surface area contributed by atoms with Gasteiger partial charge < -0.3 is 15.2 Å². The smallest absolute Gasteiger partial charge is 0.240 e. The summed E-state index contributed by atoms with van der Waals surface area (Å²) in [6, 6.07) is 15.1. The Labute approximate surface area is 197 Å². The molecule has 0 unspecified atom stereocenters. The Morgan fingerprint density at radius 3 is 2.91 bits per heavy atom. The van der Waals surface area contributed by atoms with Gasteiger partial charge >= 0.3 is 0 Å². The fourth-order valence-corrected chi connectivity index (χ4v) is 4.56. The number of benzene rings is 2. The first-order valence-electron chi connectivity index (χ1n) is 10.1. The summed E-state index contributed by atoms with van der Waals surface area (Å²) >= 11 is 9.80. The van der Waals surface area contributed by atoms with E-state index in [9.17, 15) is 9.59 Å². The number of anilines is 1. The van der Waals surface area contributed by atoms with Gasteiger partial charge in [0.1, 0.15) is 6.54 Å². The molecule has 6 nitrogen and oxygen atoms in total. The molecule has 0 bridgehead atoms. The second-order valence-corrected chi connectivity index (χ2v) is 8.98. The van der Waals surface area contributed by atoms with Gasteiger partial charge in [0, 0.05) is 44.9 Å². The lowest BCUT2D eigenvalue weighted by molar-refractivity contribution is -0.123. The zero-order chi connectivity index (χ0) is 22.2. The van der Waals surface area contributed by atoms with E-state index in [0.717, 1.165) is 37.8 Å². The Morgan fingerprint density at radius 1 is 1.22 bits per heavy atom. The molecule has 3 heterocycles. The Balaban J connectivity index is 1.50. The summed E-state index contributed by atoms with van der Waals surface area (Å²) in [5.74, 6) is -0.420. The van der Waals surface area contributed by atoms with Crippen molar-refractivity contribution < 1.29 is 9.59 Å². The van der Waals surface area contributed by atoms with Crippen LogP contribution in [0.4, 0.5) is 5.69 Å². The van der Waals surface area contributed by atoms with E-state index in [1.165, 1.54) is 4.90 Å². The summed E-state index contributed by atoms with van der Waals surface area (Å²) in [5.41, 5.74) is 5.07. The molecule has 0 spiro atoms. The SMILES string of the molecule is O=C(CN1C(=O)Cc2c([nH]c3ccc(Br)cc23)-c2ccc(Cl)cc21)NCc1cccnc1. The fraction of sp³-hybridized carbons (Fsp3) is 0.125. The molecule has 4 aromatic rings. The van der Waals surface area contributed by atoms with Crippen molar-refractivity contribution in [3.63, 3.8) is 0 Å². The molecule has 0 aliphatic carbocycles. The van der Waals surface area contributed by atoms with Crippen LogP contribution in [0.5, 0.6) is 0 Å². The number of halogens is 2. The first-order valence-corrected chi connectivity index (χ1v) is 11.2. The van der Waals surface area contributed by atoms with Gasteiger partial charge in [0.15, 0.2) is 0 Å². The van der Waals surface area contributed by atoms with Gasteiger partial charge in [0.05, 0.1) is 17.8 Å². The summed E-state index contributed by atoms with van der Waals surface area (Å²) in [5, 5.41) is 4.34. The summed E-state index contributed by atoms with van der Waals surface area (Å²) in [7, 11) is 0. The van der Waals surface area contributed by atoms with Gasteiger partial charge in [-0.05, 0) is 53.6 Å². The number of fused-ring (bicyclic) bond motifs is 5. The normalized spacial score (nSPS) is 12.9. The summed E-state index contributed by atoms with van der Waals surface area (Å²) in [6.45, 7) is 0.243. The maximum absolute atomic E-state index is 13.4. The third kappa shape index (κ3) is 3.89. The number of pyridine rings is 1. The minimum absolute atomic E-state index is 0.0989. The van der Waals surface area contributed by atoms with Crippen molar-refractivity contribution in [1.82, 2.24) is 15.3 Å². The van der Waals surface area contributed by atoms with Crippen LogP contribution in [0.1, 0.15) is 11.1 Å². The molecular formula is C24H18BrClN4O2. The van der Waals surface area contributed by atoms with Crippen LogP contribution in [0.15, 0.2) is 65.4 Å². The van der Waals surface area contributed by atoms with Crippen LogP contribution < -0.4 is 10.2 Å². The van der Waals surface area contributed by atoms with E-state index < -0.39 is 0 Å². The molecule has 8 heteroatoms. The van der Waals surface area contributed by atoms with E-state index >= 15 is 0 Å². The van der Waals surface area contributed by atoms with Gasteiger partial charge in [-0.15, -0.1) is 0 Å². The van der Waals surface area contributed by atoms with Crippen LogP contribution in [0.2, 0.25) is 5.02 Å². The number of aromatic nitrogens is 2. The highest BCUT2D eigenvalue weighted by atomic mass is 79.9. The van der Waals surface area contributed by atoms with Crippen molar-refractivity contribution in [2.24, 2.45) is 0 Å². The highest BCUT2D eigenvalue weighted by Gasteiger charge is 2.30. The van der Waals surface area contributed by atoms with Crippen LogP contribution in [0, 0.1) is 0 Å². The first-order chi connectivity index (χ1) is 15.5. The van der Waals surface area contributed by atoms with Gasteiger partial charge in [0.25, 0.3) is 0 Å². The van der Waals surface area contributed by atoms with Crippen LogP contribution >= 0.6 is 27.5 Å². The van der Waals surface area contributed by atoms with E-state index in [-0.39, 0.29) is 24.8 Å². The number of H-pyrrole nitrogens is 1. The van der Waals surface area contributed by atoms with Crippen molar-refractivity contribution >= 4 is 55.9 Å². The number of aromatic amines is 1. The number of rotatable bonds is 4. The quantitative estimate of drug-likeness (QED) is 0.413.